The van der Waals surface area contributed by atoms with Gasteiger partial charge in [0.15, 0.2) is 0 Å². The molecule has 0 spiro atoms. The van der Waals surface area contributed by atoms with Gasteiger partial charge in [-0.25, -0.2) is 0 Å². The molecule has 0 saturated carbocycles. The molecule has 0 rings (SSSR count). The predicted octanol–water partition coefficient (Wildman–Crippen LogP) is -0.354. The Balaban J connectivity index is 0. The average Bonchev–Trinajstić information content (AvgIpc) is 1.27. The van der Waals surface area contributed by atoms with Crippen molar-refractivity contribution >= 4 is 28.1 Å². The van der Waals surface area contributed by atoms with Gasteiger partial charge in [0, 0.05) is 0 Å². The van der Waals surface area contributed by atoms with E-state index in [9.17, 15) is 0 Å². The molecule has 0 radical (unpaired) electrons. The van der Waals surface area contributed by atoms with E-state index >= 15 is 0 Å². The molecule has 2 N–H and O–H groups in total. The Labute approximate surface area is 57.4 Å². The fourth-order valence-electron chi connectivity index (χ4n) is 0. The van der Waals surface area contributed by atoms with Crippen molar-refractivity contribution in [3.63, 3.8) is 0 Å². The van der Waals surface area contributed by atoms with Gasteiger partial charge in [-0.3, -0.25) is 9.11 Å². The second-order valence-corrected chi connectivity index (χ2v) is 1.75. The molecule has 0 bridgehead atoms. The van der Waals surface area contributed by atoms with E-state index in [4.69, 9.17) is 17.5 Å². The third-order valence-electron chi connectivity index (χ3n) is 0. The van der Waals surface area contributed by atoms with Crippen LogP contribution in [0, 0.1) is 0 Å². The summed E-state index contributed by atoms with van der Waals surface area (Å²) in [4.78, 5) is 0. The zero-order valence-electron chi connectivity index (χ0n) is 4.40. The third kappa shape index (κ3) is 3910. The monoisotopic (exact) mass is 132 g/mol. The molecule has 4 nitrogen and oxygen atoms in total. The zero-order chi connectivity index (χ0) is 7.21. The Hall–Kier alpha value is 0.207. The number of rotatable bonds is 0. The summed E-state index contributed by atoms with van der Waals surface area (Å²) in [6, 6.07) is 0. The van der Waals surface area contributed by atoms with Gasteiger partial charge in [-0.05, 0) is 0 Å². The molecule has 0 unspecified atom stereocenters. The molecule has 0 aromatic rings. The maximum atomic E-state index is 8.74. The van der Waals surface area contributed by atoms with E-state index in [0.29, 0.717) is 0 Å². The Bertz CT molecular complexity index is 128. The van der Waals surface area contributed by atoms with E-state index in [2.05, 4.69) is 6.58 Å². The van der Waals surface area contributed by atoms with Gasteiger partial charge >= 0.3 is 39.4 Å². The van der Waals surface area contributed by atoms with Gasteiger partial charge in [-0.2, -0.15) is 8.42 Å². The molecule has 0 aromatic heterocycles. The molecule has 0 aromatic carbocycles. The zero-order valence-corrected chi connectivity index (χ0v) is 5.22. The molecule has 44 valence electrons. The quantitative estimate of drug-likeness (QED) is 0.349. The van der Waals surface area contributed by atoms with Gasteiger partial charge in [-0.1, -0.05) is 0 Å². The van der Waals surface area contributed by atoms with Crippen molar-refractivity contribution in [1.82, 2.24) is 0 Å². The molecular formula is C2H5LiO4S. The summed E-state index contributed by atoms with van der Waals surface area (Å²) in [5.74, 6) is 0. The second kappa shape index (κ2) is 5.35. The van der Waals surface area contributed by atoms with Crippen LogP contribution < -0.4 is 0 Å². The standard InChI is InChI=1S/C2H3.Li.H2O4S/c1-2;;1-5(2,3)4/h1H,2H2;;(H2,1,2,3,4). The first-order valence-corrected chi connectivity index (χ1v) is 3.08. The van der Waals surface area contributed by atoms with Gasteiger partial charge in [0.05, 0.1) is 0 Å². The summed E-state index contributed by atoms with van der Waals surface area (Å²) in [7, 11) is -4.67. The first-order chi connectivity index (χ1) is 3.41. The number of hydrogen-bond acceptors (Lipinski definition) is 2. The SMILES string of the molecule is O=S(=O)(O)O.[Li][CH]=C. The van der Waals surface area contributed by atoms with E-state index in [1.807, 2.05) is 17.7 Å². The summed E-state index contributed by atoms with van der Waals surface area (Å²) in [6.45, 7) is 3.36. The maximum absolute atomic E-state index is 8.74. The normalized spacial score (nSPS) is 9.00. The van der Waals surface area contributed by atoms with Crippen LogP contribution in [0.3, 0.4) is 0 Å². The second-order valence-electron chi connectivity index (χ2n) is 0.856. The molecular weight excluding hydrogens is 127 g/mol. The van der Waals surface area contributed by atoms with Crippen molar-refractivity contribution in [2.24, 2.45) is 0 Å². The van der Waals surface area contributed by atoms with Gasteiger partial charge < -0.3 is 0 Å². The summed E-state index contributed by atoms with van der Waals surface area (Å²) < 4.78 is 33.3. The number of hydrogen-bond donors (Lipinski definition) is 2. The topological polar surface area (TPSA) is 74.6 Å². The summed E-state index contributed by atoms with van der Waals surface area (Å²) in [6.07, 6.45) is 0. The van der Waals surface area contributed by atoms with Gasteiger partial charge in [-0.15, -0.1) is 0 Å². The average molecular weight is 132 g/mol. The summed E-state index contributed by atoms with van der Waals surface area (Å²) >= 11 is 1.89. The van der Waals surface area contributed by atoms with E-state index in [0.717, 1.165) is 0 Å². The molecule has 8 heavy (non-hydrogen) atoms. The van der Waals surface area contributed by atoms with Crippen molar-refractivity contribution in [3.05, 3.63) is 11.3 Å². The predicted molar refractivity (Wildman–Crippen MR) is 30.1 cm³/mol. The Morgan fingerprint density at radius 2 is 1.50 bits per heavy atom. The van der Waals surface area contributed by atoms with Gasteiger partial charge in [0.25, 0.3) is 0 Å². The summed E-state index contributed by atoms with van der Waals surface area (Å²) in [5.41, 5.74) is 0. The van der Waals surface area contributed by atoms with Crippen molar-refractivity contribution < 1.29 is 17.5 Å². The van der Waals surface area contributed by atoms with Gasteiger partial charge in [0.1, 0.15) is 0 Å². The first kappa shape index (κ1) is 11.1. The van der Waals surface area contributed by atoms with Crippen LogP contribution in [0.5, 0.6) is 0 Å². The molecule has 0 aliphatic rings. The van der Waals surface area contributed by atoms with Crippen molar-refractivity contribution in [3.8, 4) is 0 Å². The van der Waals surface area contributed by atoms with Crippen LogP contribution in [0.2, 0.25) is 0 Å². The molecule has 0 heterocycles. The molecule has 0 aliphatic carbocycles. The Morgan fingerprint density at radius 1 is 1.50 bits per heavy atom. The first-order valence-electron chi connectivity index (χ1n) is 1.68. The van der Waals surface area contributed by atoms with Gasteiger partial charge in [0.2, 0.25) is 0 Å². The van der Waals surface area contributed by atoms with Crippen molar-refractivity contribution in [2.75, 3.05) is 0 Å². The van der Waals surface area contributed by atoms with Crippen LogP contribution in [0.4, 0.5) is 0 Å². The third-order valence-corrected chi connectivity index (χ3v) is 0. The molecule has 0 saturated heterocycles. The fourth-order valence-corrected chi connectivity index (χ4v) is 0. The Morgan fingerprint density at radius 3 is 1.50 bits per heavy atom. The van der Waals surface area contributed by atoms with Crippen LogP contribution in [-0.4, -0.2) is 35.2 Å². The van der Waals surface area contributed by atoms with E-state index in [1.165, 1.54) is 0 Å². The van der Waals surface area contributed by atoms with Crippen molar-refractivity contribution in [2.45, 2.75) is 0 Å². The molecule has 0 atom stereocenters. The molecule has 6 heteroatoms. The van der Waals surface area contributed by atoms with E-state index in [-0.39, 0.29) is 0 Å². The summed E-state index contributed by atoms with van der Waals surface area (Å²) in [5, 5.41) is 0. The fraction of sp³-hybridized carbons (Fsp3) is 0. The van der Waals surface area contributed by atoms with E-state index < -0.39 is 10.4 Å². The Kier molecular flexibility index (Phi) is 7.39. The van der Waals surface area contributed by atoms with Crippen LogP contribution in [-0.2, 0) is 10.4 Å². The van der Waals surface area contributed by atoms with Crippen LogP contribution in [0.1, 0.15) is 0 Å². The molecule has 0 amide bonds. The minimum atomic E-state index is -4.67. The van der Waals surface area contributed by atoms with Crippen LogP contribution >= 0.6 is 0 Å². The molecule has 0 fully saturated rings. The minimum absolute atomic E-state index is 1.75. The van der Waals surface area contributed by atoms with Crippen LogP contribution in [0.15, 0.2) is 11.3 Å². The van der Waals surface area contributed by atoms with Crippen LogP contribution in [0.25, 0.3) is 0 Å². The van der Waals surface area contributed by atoms with E-state index in [1.54, 1.807) is 4.75 Å². The van der Waals surface area contributed by atoms with Crippen molar-refractivity contribution in [1.29, 1.82) is 0 Å². The molecule has 0 aliphatic heterocycles.